The Morgan fingerprint density at radius 2 is 2.04 bits per heavy atom. The van der Waals surface area contributed by atoms with Gasteiger partial charge in [0.1, 0.15) is 6.54 Å². The van der Waals surface area contributed by atoms with Gasteiger partial charge in [0.2, 0.25) is 11.8 Å². The number of carbonyl (C=O) groups excluding carboxylic acids is 2. The molecule has 4 nitrogen and oxygen atoms in total. The van der Waals surface area contributed by atoms with Gasteiger partial charge in [0.05, 0.1) is 6.04 Å². The molecule has 1 aliphatic rings. The van der Waals surface area contributed by atoms with Crippen molar-refractivity contribution in [1.82, 2.24) is 9.80 Å². The van der Waals surface area contributed by atoms with Crippen molar-refractivity contribution in [2.24, 2.45) is 0 Å². The van der Waals surface area contributed by atoms with Crippen LogP contribution in [0.25, 0.3) is 0 Å². The molecule has 0 radical (unpaired) electrons. The summed E-state index contributed by atoms with van der Waals surface area (Å²) in [7, 11) is 0. The van der Waals surface area contributed by atoms with Gasteiger partial charge in [-0.2, -0.15) is 0 Å². The van der Waals surface area contributed by atoms with Crippen molar-refractivity contribution in [3.05, 3.63) is 69.9 Å². The van der Waals surface area contributed by atoms with Gasteiger partial charge in [-0.15, -0.1) is 17.9 Å². The Labute approximate surface area is 165 Å². The van der Waals surface area contributed by atoms with Crippen LogP contribution >= 0.6 is 11.3 Å². The predicted octanol–water partition coefficient (Wildman–Crippen LogP) is 3.96. The molecule has 2 heterocycles. The van der Waals surface area contributed by atoms with Gasteiger partial charge in [0.15, 0.2) is 0 Å². The summed E-state index contributed by atoms with van der Waals surface area (Å²) in [6, 6.07) is 10.4. The highest BCUT2D eigenvalue weighted by atomic mass is 32.1. The lowest BCUT2D eigenvalue weighted by atomic mass is 9.92. The molecule has 0 unspecified atom stereocenters. The number of hydrogen-bond donors (Lipinski definition) is 0. The highest BCUT2D eigenvalue weighted by Crippen LogP contribution is 2.37. The summed E-state index contributed by atoms with van der Waals surface area (Å²) in [6.07, 6.45) is 2.92. The molecule has 27 heavy (non-hydrogen) atoms. The number of carbonyl (C=O) groups is 2. The molecular formula is C22H26N2O2S. The third-order valence-electron chi connectivity index (χ3n) is 5.01. The summed E-state index contributed by atoms with van der Waals surface area (Å²) in [5.41, 5.74) is 3.52. The molecule has 0 aliphatic carbocycles. The third-order valence-corrected chi connectivity index (χ3v) is 6.01. The van der Waals surface area contributed by atoms with Gasteiger partial charge < -0.3 is 9.80 Å². The normalized spacial score (nSPS) is 15.9. The lowest BCUT2D eigenvalue weighted by molar-refractivity contribution is -0.141. The molecule has 1 aromatic carbocycles. The van der Waals surface area contributed by atoms with E-state index in [2.05, 4.69) is 49.2 Å². The number of benzene rings is 1. The number of fused-ring (bicyclic) bond motifs is 1. The number of aryl methyl sites for hydroxylation is 1. The lowest BCUT2D eigenvalue weighted by Gasteiger charge is -2.37. The minimum absolute atomic E-state index is 0.0129. The van der Waals surface area contributed by atoms with Crippen molar-refractivity contribution in [2.75, 3.05) is 19.6 Å². The molecule has 2 amide bonds. The second-order valence-electron chi connectivity index (χ2n) is 6.87. The second kappa shape index (κ2) is 8.53. The Bertz CT molecular complexity index is 825. The van der Waals surface area contributed by atoms with Crippen LogP contribution in [0.5, 0.6) is 0 Å². The van der Waals surface area contributed by atoms with Gasteiger partial charge in [0, 0.05) is 24.4 Å². The average Bonchev–Trinajstić information content (AvgIpc) is 3.15. The van der Waals surface area contributed by atoms with Gasteiger partial charge in [-0.3, -0.25) is 9.59 Å². The summed E-state index contributed by atoms with van der Waals surface area (Å²) >= 11 is 1.76. The highest BCUT2D eigenvalue weighted by Gasteiger charge is 2.33. The van der Waals surface area contributed by atoms with Crippen LogP contribution in [0.4, 0.5) is 0 Å². The van der Waals surface area contributed by atoms with E-state index in [-0.39, 0.29) is 24.4 Å². The minimum atomic E-state index is -0.0876. The maximum atomic E-state index is 13.2. The first-order chi connectivity index (χ1) is 13.0. The summed E-state index contributed by atoms with van der Waals surface area (Å²) in [4.78, 5) is 30.2. The first-order valence-corrected chi connectivity index (χ1v) is 10.2. The quantitative estimate of drug-likeness (QED) is 0.710. The Hall–Kier alpha value is -2.40. The minimum Gasteiger partial charge on any atom is -0.330 e. The summed E-state index contributed by atoms with van der Waals surface area (Å²) < 4.78 is 0. The lowest BCUT2D eigenvalue weighted by Crippen LogP contribution is -2.46. The van der Waals surface area contributed by atoms with Crippen molar-refractivity contribution in [3.63, 3.8) is 0 Å². The Morgan fingerprint density at radius 1 is 1.30 bits per heavy atom. The zero-order chi connectivity index (χ0) is 19.4. The van der Waals surface area contributed by atoms with E-state index in [1.54, 1.807) is 22.3 Å². The number of amides is 2. The van der Waals surface area contributed by atoms with Crippen LogP contribution in [-0.2, 0) is 16.0 Å². The number of thiophene rings is 1. The molecule has 0 fully saturated rings. The number of hydrogen-bond acceptors (Lipinski definition) is 3. The SMILES string of the molecule is C=CCN(CC(=O)N1CCc2sccc2[C@@H]1c1ccc(C)cc1)C(=O)CC. The van der Waals surface area contributed by atoms with Crippen molar-refractivity contribution in [3.8, 4) is 0 Å². The first-order valence-electron chi connectivity index (χ1n) is 9.36. The molecule has 1 atom stereocenters. The Kier molecular flexibility index (Phi) is 6.11. The zero-order valence-electron chi connectivity index (χ0n) is 16.0. The highest BCUT2D eigenvalue weighted by molar-refractivity contribution is 7.10. The van der Waals surface area contributed by atoms with Crippen LogP contribution in [0, 0.1) is 6.92 Å². The Balaban J connectivity index is 1.90. The van der Waals surface area contributed by atoms with Crippen LogP contribution in [0.15, 0.2) is 48.4 Å². The van der Waals surface area contributed by atoms with Crippen LogP contribution in [0.3, 0.4) is 0 Å². The molecule has 142 valence electrons. The molecule has 0 bridgehead atoms. The topological polar surface area (TPSA) is 40.6 Å². The van der Waals surface area contributed by atoms with Gasteiger partial charge in [0.25, 0.3) is 0 Å². The summed E-state index contributed by atoms with van der Waals surface area (Å²) in [6.45, 7) is 8.76. The molecule has 2 aromatic rings. The Morgan fingerprint density at radius 3 is 2.70 bits per heavy atom. The molecule has 5 heteroatoms. The standard InChI is InChI=1S/C22H26N2O2S/c1-4-12-23(20(25)5-2)15-21(26)24-13-10-19-18(11-14-27-19)22(24)17-8-6-16(3)7-9-17/h4,6-9,11,14,22H,1,5,10,12-13,15H2,2-3H3/t22-/m0/s1. The maximum absolute atomic E-state index is 13.2. The van der Waals surface area contributed by atoms with E-state index >= 15 is 0 Å². The molecule has 0 N–H and O–H groups in total. The van der Waals surface area contributed by atoms with E-state index in [0.717, 1.165) is 12.0 Å². The van der Waals surface area contributed by atoms with E-state index in [1.807, 2.05) is 11.8 Å². The molecule has 0 saturated heterocycles. The summed E-state index contributed by atoms with van der Waals surface area (Å²) in [5, 5.41) is 2.10. The molecule has 0 saturated carbocycles. The van der Waals surface area contributed by atoms with Gasteiger partial charge in [-0.1, -0.05) is 42.8 Å². The molecule has 1 aliphatic heterocycles. The van der Waals surface area contributed by atoms with E-state index in [4.69, 9.17) is 0 Å². The van der Waals surface area contributed by atoms with Crippen LogP contribution in [0.1, 0.15) is 41.0 Å². The maximum Gasteiger partial charge on any atom is 0.243 e. The zero-order valence-corrected chi connectivity index (χ0v) is 16.8. The van der Waals surface area contributed by atoms with Crippen LogP contribution in [-0.4, -0.2) is 41.2 Å². The van der Waals surface area contributed by atoms with Gasteiger partial charge in [-0.05, 0) is 35.9 Å². The predicted molar refractivity (Wildman–Crippen MR) is 110 cm³/mol. The fourth-order valence-corrected chi connectivity index (χ4v) is 4.49. The van der Waals surface area contributed by atoms with Gasteiger partial charge >= 0.3 is 0 Å². The van der Waals surface area contributed by atoms with Crippen LogP contribution in [0.2, 0.25) is 0 Å². The van der Waals surface area contributed by atoms with Gasteiger partial charge in [-0.25, -0.2) is 0 Å². The molecule has 1 aromatic heterocycles. The van der Waals surface area contributed by atoms with Crippen molar-refractivity contribution < 1.29 is 9.59 Å². The smallest absolute Gasteiger partial charge is 0.243 e. The van der Waals surface area contributed by atoms with Crippen LogP contribution < -0.4 is 0 Å². The molecular weight excluding hydrogens is 356 g/mol. The third kappa shape index (κ3) is 4.14. The largest absolute Gasteiger partial charge is 0.330 e. The monoisotopic (exact) mass is 382 g/mol. The second-order valence-corrected chi connectivity index (χ2v) is 7.87. The van der Waals surface area contributed by atoms with E-state index in [9.17, 15) is 9.59 Å². The average molecular weight is 383 g/mol. The van der Waals surface area contributed by atoms with E-state index in [0.29, 0.717) is 19.5 Å². The molecule has 0 spiro atoms. The van der Waals surface area contributed by atoms with E-state index in [1.165, 1.54) is 16.0 Å². The first kappa shape index (κ1) is 19.4. The van der Waals surface area contributed by atoms with E-state index < -0.39 is 0 Å². The van der Waals surface area contributed by atoms with Crippen molar-refractivity contribution in [2.45, 2.75) is 32.7 Å². The van der Waals surface area contributed by atoms with Crippen molar-refractivity contribution in [1.29, 1.82) is 0 Å². The number of nitrogens with zero attached hydrogens (tertiary/aromatic N) is 2. The molecule has 3 rings (SSSR count). The fourth-order valence-electron chi connectivity index (χ4n) is 3.58. The number of rotatable bonds is 6. The summed E-state index contributed by atoms with van der Waals surface area (Å²) in [5.74, 6) is -0.0376. The van der Waals surface area contributed by atoms with Crippen molar-refractivity contribution >= 4 is 23.2 Å². The fraction of sp³-hybridized carbons (Fsp3) is 0.364.